The van der Waals surface area contributed by atoms with Crippen molar-refractivity contribution >= 4 is 0 Å². The molecule has 17 heavy (non-hydrogen) atoms. The van der Waals surface area contributed by atoms with Crippen LogP contribution < -0.4 is 11.3 Å². The largest absolute Gasteiger partial charge is 0.271 e. The van der Waals surface area contributed by atoms with E-state index in [0.29, 0.717) is 0 Å². The molecule has 0 amide bonds. The third-order valence-electron chi connectivity index (χ3n) is 2.63. The topological polar surface area (TPSA) is 63.8 Å². The zero-order valence-corrected chi connectivity index (χ0v) is 9.80. The summed E-state index contributed by atoms with van der Waals surface area (Å²) in [6.07, 6.45) is 4.31. The van der Waals surface area contributed by atoms with Gasteiger partial charge in [-0.15, -0.1) is 0 Å². The van der Waals surface area contributed by atoms with E-state index >= 15 is 0 Å². The van der Waals surface area contributed by atoms with Gasteiger partial charge in [0, 0.05) is 24.5 Å². The van der Waals surface area contributed by atoms with Gasteiger partial charge in [-0.1, -0.05) is 6.07 Å². The Hall–Kier alpha value is -1.78. The standard InChI is InChI=1S/C13H16N4/c1-10-5-7-16-12(8-10)13(17-14)9-11-4-2-3-6-15-11/h2-8,13,17H,9,14H2,1H3. The number of hydrogen-bond acceptors (Lipinski definition) is 4. The minimum absolute atomic E-state index is 0.00944. The first-order valence-corrected chi connectivity index (χ1v) is 5.58. The van der Waals surface area contributed by atoms with Crippen molar-refractivity contribution in [3.05, 3.63) is 59.7 Å². The summed E-state index contributed by atoms with van der Waals surface area (Å²) in [5, 5.41) is 0. The molecule has 4 heteroatoms. The first-order valence-electron chi connectivity index (χ1n) is 5.58. The molecule has 0 aliphatic carbocycles. The van der Waals surface area contributed by atoms with Crippen LogP contribution in [-0.4, -0.2) is 9.97 Å². The van der Waals surface area contributed by atoms with Crippen molar-refractivity contribution in [3.63, 3.8) is 0 Å². The lowest BCUT2D eigenvalue weighted by Crippen LogP contribution is -2.30. The Morgan fingerprint density at radius 1 is 1.24 bits per heavy atom. The number of nitrogens with zero attached hydrogens (tertiary/aromatic N) is 2. The van der Waals surface area contributed by atoms with E-state index < -0.39 is 0 Å². The molecular weight excluding hydrogens is 212 g/mol. The number of rotatable bonds is 4. The van der Waals surface area contributed by atoms with Crippen molar-refractivity contribution in [2.75, 3.05) is 0 Å². The third-order valence-corrected chi connectivity index (χ3v) is 2.63. The van der Waals surface area contributed by atoms with Crippen LogP contribution in [0.1, 0.15) is 23.0 Å². The molecule has 0 spiro atoms. The van der Waals surface area contributed by atoms with Gasteiger partial charge < -0.3 is 0 Å². The van der Waals surface area contributed by atoms with Crippen LogP contribution in [0.2, 0.25) is 0 Å². The number of aromatic nitrogens is 2. The summed E-state index contributed by atoms with van der Waals surface area (Å²) in [4.78, 5) is 8.63. The molecule has 0 aliphatic rings. The van der Waals surface area contributed by atoms with E-state index in [1.54, 1.807) is 12.4 Å². The first kappa shape index (κ1) is 11.7. The Bertz CT molecular complexity index is 470. The Kier molecular flexibility index (Phi) is 3.80. The van der Waals surface area contributed by atoms with Crippen molar-refractivity contribution < 1.29 is 0 Å². The van der Waals surface area contributed by atoms with E-state index in [2.05, 4.69) is 15.4 Å². The number of hydrazine groups is 1. The molecular formula is C13H16N4. The molecule has 2 heterocycles. The maximum Gasteiger partial charge on any atom is 0.0687 e. The second-order valence-corrected chi connectivity index (χ2v) is 4.00. The second-order valence-electron chi connectivity index (χ2n) is 4.00. The molecule has 1 unspecified atom stereocenters. The molecule has 88 valence electrons. The van der Waals surface area contributed by atoms with Crippen LogP contribution in [0.25, 0.3) is 0 Å². The highest BCUT2D eigenvalue weighted by molar-refractivity contribution is 5.19. The fourth-order valence-electron chi connectivity index (χ4n) is 1.73. The van der Waals surface area contributed by atoms with Crippen LogP contribution in [0, 0.1) is 6.92 Å². The van der Waals surface area contributed by atoms with E-state index in [1.807, 2.05) is 37.3 Å². The third kappa shape index (κ3) is 3.09. The fourth-order valence-corrected chi connectivity index (χ4v) is 1.73. The predicted octanol–water partition coefficient (Wildman–Crippen LogP) is 1.53. The summed E-state index contributed by atoms with van der Waals surface area (Å²) in [6, 6.07) is 9.86. The van der Waals surface area contributed by atoms with Gasteiger partial charge in [0.1, 0.15) is 0 Å². The number of aryl methyl sites for hydroxylation is 1. The van der Waals surface area contributed by atoms with E-state index in [4.69, 9.17) is 5.84 Å². The average Bonchev–Trinajstić information content (AvgIpc) is 2.37. The molecule has 0 radical (unpaired) electrons. The summed E-state index contributed by atoms with van der Waals surface area (Å²) < 4.78 is 0. The molecule has 0 aliphatic heterocycles. The SMILES string of the molecule is Cc1ccnc(C(Cc2ccccn2)NN)c1. The fraction of sp³-hybridized carbons (Fsp3) is 0.231. The van der Waals surface area contributed by atoms with Gasteiger partial charge in [0.15, 0.2) is 0 Å². The van der Waals surface area contributed by atoms with E-state index in [1.165, 1.54) is 5.56 Å². The Balaban J connectivity index is 2.17. The summed E-state index contributed by atoms with van der Waals surface area (Å²) >= 11 is 0. The molecule has 0 saturated heterocycles. The van der Waals surface area contributed by atoms with Crippen LogP contribution in [0.3, 0.4) is 0 Å². The van der Waals surface area contributed by atoms with Crippen molar-refractivity contribution in [2.24, 2.45) is 5.84 Å². The molecule has 0 bridgehead atoms. The smallest absolute Gasteiger partial charge is 0.0687 e. The van der Waals surface area contributed by atoms with Gasteiger partial charge in [0.2, 0.25) is 0 Å². The van der Waals surface area contributed by atoms with Crippen molar-refractivity contribution in [2.45, 2.75) is 19.4 Å². The summed E-state index contributed by atoms with van der Waals surface area (Å²) in [5.41, 5.74) is 5.91. The molecule has 0 aromatic carbocycles. The maximum atomic E-state index is 5.58. The number of nitrogens with one attached hydrogen (secondary N) is 1. The minimum atomic E-state index is -0.00944. The van der Waals surface area contributed by atoms with E-state index in [0.717, 1.165) is 17.8 Å². The lowest BCUT2D eigenvalue weighted by atomic mass is 10.1. The molecule has 0 fully saturated rings. The normalized spacial score (nSPS) is 12.4. The highest BCUT2D eigenvalue weighted by atomic mass is 15.2. The summed E-state index contributed by atoms with van der Waals surface area (Å²) in [6.45, 7) is 2.04. The molecule has 0 saturated carbocycles. The molecule has 2 rings (SSSR count). The van der Waals surface area contributed by atoms with Crippen LogP contribution in [-0.2, 0) is 6.42 Å². The summed E-state index contributed by atoms with van der Waals surface area (Å²) in [5.74, 6) is 5.58. The maximum absolute atomic E-state index is 5.58. The lowest BCUT2D eigenvalue weighted by molar-refractivity contribution is 0.532. The van der Waals surface area contributed by atoms with Crippen molar-refractivity contribution in [1.82, 2.24) is 15.4 Å². The molecule has 1 atom stereocenters. The molecule has 2 aromatic rings. The monoisotopic (exact) mass is 228 g/mol. The van der Waals surface area contributed by atoms with Gasteiger partial charge in [0.25, 0.3) is 0 Å². The molecule has 2 aromatic heterocycles. The van der Waals surface area contributed by atoms with Crippen molar-refractivity contribution in [1.29, 1.82) is 0 Å². The van der Waals surface area contributed by atoms with Gasteiger partial charge >= 0.3 is 0 Å². The number of nitrogens with two attached hydrogens (primary N) is 1. The van der Waals surface area contributed by atoms with E-state index in [9.17, 15) is 0 Å². The second kappa shape index (κ2) is 5.52. The summed E-state index contributed by atoms with van der Waals surface area (Å²) in [7, 11) is 0. The van der Waals surface area contributed by atoms with Gasteiger partial charge in [-0.3, -0.25) is 21.2 Å². The van der Waals surface area contributed by atoms with Gasteiger partial charge in [-0.05, 0) is 36.8 Å². The zero-order valence-electron chi connectivity index (χ0n) is 9.80. The Labute approximate surface area is 101 Å². The average molecular weight is 228 g/mol. The van der Waals surface area contributed by atoms with Crippen molar-refractivity contribution in [3.8, 4) is 0 Å². The lowest BCUT2D eigenvalue weighted by Gasteiger charge is -2.15. The minimum Gasteiger partial charge on any atom is -0.271 e. The Morgan fingerprint density at radius 3 is 2.76 bits per heavy atom. The highest BCUT2D eigenvalue weighted by Gasteiger charge is 2.12. The highest BCUT2D eigenvalue weighted by Crippen LogP contribution is 2.15. The quantitative estimate of drug-likeness (QED) is 0.615. The van der Waals surface area contributed by atoms with Gasteiger partial charge in [0.05, 0.1) is 11.7 Å². The van der Waals surface area contributed by atoms with Crippen LogP contribution in [0.15, 0.2) is 42.7 Å². The zero-order chi connectivity index (χ0) is 12.1. The predicted molar refractivity (Wildman–Crippen MR) is 67.0 cm³/mol. The van der Waals surface area contributed by atoms with Crippen LogP contribution in [0.4, 0.5) is 0 Å². The molecule has 3 N–H and O–H groups in total. The number of hydrogen-bond donors (Lipinski definition) is 2. The Morgan fingerprint density at radius 2 is 2.12 bits per heavy atom. The molecule has 4 nitrogen and oxygen atoms in total. The number of pyridine rings is 2. The van der Waals surface area contributed by atoms with Crippen LogP contribution >= 0.6 is 0 Å². The van der Waals surface area contributed by atoms with Gasteiger partial charge in [-0.2, -0.15) is 0 Å². The first-order chi connectivity index (χ1) is 8.29. The van der Waals surface area contributed by atoms with E-state index in [-0.39, 0.29) is 6.04 Å². The van der Waals surface area contributed by atoms with Gasteiger partial charge in [-0.25, -0.2) is 0 Å². The van der Waals surface area contributed by atoms with Crippen LogP contribution in [0.5, 0.6) is 0 Å².